The summed E-state index contributed by atoms with van der Waals surface area (Å²) >= 11 is 0. The summed E-state index contributed by atoms with van der Waals surface area (Å²) in [6.45, 7) is 1.04. The summed E-state index contributed by atoms with van der Waals surface area (Å²) < 4.78 is 18.2. The van der Waals surface area contributed by atoms with Gasteiger partial charge in [0.1, 0.15) is 5.82 Å². The molecule has 0 aliphatic carbocycles. The fourth-order valence-electron chi connectivity index (χ4n) is 2.02. The number of ether oxygens (including phenoxy) is 1. The van der Waals surface area contributed by atoms with Crippen LogP contribution in [0.4, 0.5) is 4.39 Å². The van der Waals surface area contributed by atoms with Crippen molar-refractivity contribution in [2.24, 2.45) is 5.73 Å². The zero-order chi connectivity index (χ0) is 12.3. The molecule has 1 aromatic rings. The Kier molecular flexibility index (Phi) is 3.54. The first-order chi connectivity index (χ1) is 8.10. The quantitative estimate of drug-likeness (QED) is 0.865. The minimum atomic E-state index is -0.801. The summed E-state index contributed by atoms with van der Waals surface area (Å²) in [7, 11) is 0. The van der Waals surface area contributed by atoms with Crippen molar-refractivity contribution < 1.29 is 13.9 Å². The van der Waals surface area contributed by atoms with Gasteiger partial charge in [0.2, 0.25) is 0 Å². The van der Waals surface area contributed by atoms with Crippen LogP contribution < -0.4 is 5.73 Å². The van der Waals surface area contributed by atoms with Gasteiger partial charge in [-0.1, -0.05) is 12.1 Å². The number of benzene rings is 1. The molecule has 0 radical (unpaired) electrons. The van der Waals surface area contributed by atoms with Gasteiger partial charge in [0, 0.05) is 19.6 Å². The maximum Gasteiger partial charge on any atom is 0.157 e. The van der Waals surface area contributed by atoms with Gasteiger partial charge in [-0.2, -0.15) is 0 Å². The van der Waals surface area contributed by atoms with Crippen LogP contribution in [-0.2, 0) is 16.0 Å². The van der Waals surface area contributed by atoms with Gasteiger partial charge < -0.3 is 10.5 Å². The highest BCUT2D eigenvalue weighted by atomic mass is 19.1. The van der Waals surface area contributed by atoms with Crippen LogP contribution in [-0.4, -0.2) is 24.5 Å². The number of carbonyl (C=O) groups excluding carboxylic acids is 1. The topological polar surface area (TPSA) is 52.3 Å². The molecule has 2 N–H and O–H groups in total. The van der Waals surface area contributed by atoms with Crippen LogP contribution in [0.3, 0.4) is 0 Å². The zero-order valence-electron chi connectivity index (χ0n) is 9.62. The fraction of sp³-hybridized carbons (Fsp3) is 0.462. The first-order valence-electron chi connectivity index (χ1n) is 5.74. The predicted molar refractivity (Wildman–Crippen MR) is 62.1 cm³/mol. The Balaban J connectivity index is 2.05. The second-order valence-electron chi connectivity index (χ2n) is 4.50. The molecule has 1 aliphatic rings. The smallest absolute Gasteiger partial charge is 0.157 e. The average Bonchev–Trinajstić information content (AvgIpc) is 2.30. The number of Topliss-reactive ketones (excluding diaryl/α,β-unsaturated/α-hetero) is 1. The minimum absolute atomic E-state index is 0.0357. The lowest BCUT2D eigenvalue weighted by Crippen LogP contribution is -2.52. The van der Waals surface area contributed by atoms with Crippen molar-refractivity contribution in [2.45, 2.75) is 24.8 Å². The Morgan fingerprint density at radius 1 is 1.41 bits per heavy atom. The maximum absolute atomic E-state index is 13.0. The molecule has 17 heavy (non-hydrogen) atoms. The van der Waals surface area contributed by atoms with Crippen molar-refractivity contribution in [3.05, 3.63) is 35.6 Å². The molecule has 92 valence electrons. The lowest BCUT2D eigenvalue weighted by molar-refractivity contribution is -0.126. The summed E-state index contributed by atoms with van der Waals surface area (Å²) in [6, 6.07) is 6.08. The van der Waals surface area contributed by atoms with Crippen LogP contribution in [0.2, 0.25) is 0 Å². The average molecular weight is 237 g/mol. The molecule has 0 spiro atoms. The Labute approximate surface area is 99.8 Å². The van der Waals surface area contributed by atoms with Gasteiger partial charge in [0.25, 0.3) is 0 Å². The molecule has 1 fully saturated rings. The molecule has 0 atom stereocenters. The number of halogens is 1. The Morgan fingerprint density at radius 2 is 2.12 bits per heavy atom. The number of carbonyl (C=O) groups is 1. The van der Waals surface area contributed by atoms with Crippen molar-refractivity contribution in [1.82, 2.24) is 0 Å². The van der Waals surface area contributed by atoms with Gasteiger partial charge in [-0.3, -0.25) is 4.79 Å². The maximum atomic E-state index is 13.0. The van der Waals surface area contributed by atoms with Crippen molar-refractivity contribution in [2.75, 3.05) is 13.2 Å². The van der Waals surface area contributed by atoms with E-state index in [4.69, 9.17) is 10.5 Å². The van der Waals surface area contributed by atoms with E-state index >= 15 is 0 Å². The molecule has 1 saturated heterocycles. The van der Waals surface area contributed by atoms with E-state index in [9.17, 15) is 9.18 Å². The van der Waals surface area contributed by atoms with E-state index in [-0.39, 0.29) is 18.0 Å². The van der Waals surface area contributed by atoms with E-state index in [0.29, 0.717) is 31.6 Å². The largest absolute Gasteiger partial charge is 0.381 e. The standard InChI is InChI=1S/C13H16FNO2/c14-11-3-1-2-10(8-11)9-12(16)13(15)4-6-17-7-5-13/h1-3,8H,4-7,9,15H2. The van der Waals surface area contributed by atoms with Crippen molar-refractivity contribution in [3.8, 4) is 0 Å². The van der Waals surface area contributed by atoms with E-state index in [1.165, 1.54) is 12.1 Å². The molecule has 0 amide bonds. The first-order valence-corrected chi connectivity index (χ1v) is 5.74. The molecule has 1 heterocycles. The third-order valence-electron chi connectivity index (χ3n) is 3.19. The molecule has 4 heteroatoms. The summed E-state index contributed by atoms with van der Waals surface area (Å²) in [4.78, 5) is 12.1. The zero-order valence-corrected chi connectivity index (χ0v) is 9.62. The highest BCUT2D eigenvalue weighted by molar-refractivity contribution is 5.90. The van der Waals surface area contributed by atoms with E-state index in [1.807, 2.05) is 0 Å². The van der Waals surface area contributed by atoms with Crippen molar-refractivity contribution >= 4 is 5.78 Å². The monoisotopic (exact) mass is 237 g/mol. The van der Waals surface area contributed by atoms with Crippen molar-refractivity contribution in [1.29, 1.82) is 0 Å². The van der Waals surface area contributed by atoms with Gasteiger partial charge in [0.05, 0.1) is 5.54 Å². The van der Waals surface area contributed by atoms with Crippen LogP contribution >= 0.6 is 0 Å². The molecule has 0 aromatic heterocycles. The van der Waals surface area contributed by atoms with E-state index in [2.05, 4.69) is 0 Å². The second kappa shape index (κ2) is 4.94. The third kappa shape index (κ3) is 2.90. The summed E-state index contributed by atoms with van der Waals surface area (Å²) in [5.41, 5.74) is 5.94. The van der Waals surface area contributed by atoms with Crippen LogP contribution in [0.5, 0.6) is 0 Å². The lowest BCUT2D eigenvalue weighted by Gasteiger charge is -2.31. The number of nitrogens with two attached hydrogens (primary N) is 1. The van der Waals surface area contributed by atoms with Gasteiger partial charge in [-0.15, -0.1) is 0 Å². The summed E-state index contributed by atoms with van der Waals surface area (Å²) in [6.07, 6.45) is 1.27. The molecule has 0 bridgehead atoms. The van der Waals surface area contributed by atoms with Crippen LogP contribution in [0.15, 0.2) is 24.3 Å². The molecule has 3 nitrogen and oxygen atoms in total. The predicted octanol–water partition coefficient (Wildman–Crippen LogP) is 1.45. The van der Waals surface area contributed by atoms with Gasteiger partial charge >= 0.3 is 0 Å². The van der Waals surface area contributed by atoms with Gasteiger partial charge in [-0.05, 0) is 30.5 Å². The van der Waals surface area contributed by atoms with Gasteiger partial charge in [-0.25, -0.2) is 4.39 Å². The number of ketones is 1. The molecule has 0 saturated carbocycles. The molecule has 0 unspecified atom stereocenters. The number of rotatable bonds is 3. The van der Waals surface area contributed by atoms with Crippen LogP contribution in [0.25, 0.3) is 0 Å². The lowest BCUT2D eigenvalue weighted by atomic mass is 9.84. The highest BCUT2D eigenvalue weighted by Crippen LogP contribution is 2.20. The first kappa shape index (κ1) is 12.2. The van der Waals surface area contributed by atoms with E-state index < -0.39 is 5.54 Å². The second-order valence-corrected chi connectivity index (χ2v) is 4.50. The highest BCUT2D eigenvalue weighted by Gasteiger charge is 2.35. The van der Waals surface area contributed by atoms with Gasteiger partial charge in [0.15, 0.2) is 5.78 Å². The Bertz CT molecular complexity index is 414. The van der Waals surface area contributed by atoms with Crippen molar-refractivity contribution in [3.63, 3.8) is 0 Å². The SMILES string of the molecule is NC1(C(=O)Cc2cccc(F)c2)CCOCC1. The van der Waals surface area contributed by atoms with Crippen LogP contribution in [0.1, 0.15) is 18.4 Å². The summed E-state index contributed by atoms with van der Waals surface area (Å²) in [5, 5.41) is 0. The molecule has 2 rings (SSSR count). The van der Waals surface area contributed by atoms with E-state index in [0.717, 1.165) is 0 Å². The third-order valence-corrected chi connectivity index (χ3v) is 3.19. The van der Waals surface area contributed by atoms with Crippen LogP contribution in [0, 0.1) is 5.82 Å². The normalized spacial score (nSPS) is 18.9. The Hall–Kier alpha value is -1.26. The van der Waals surface area contributed by atoms with E-state index in [1.54, 1.807) is 12.1 Å². The Morgan fingerprint density at radius 3 is 2.76 bits per heavy atom. The minimum Gasteiger partial charge on any atom is -0.381 e. The fourth-order valence-corrected chi connectivity index (χ4v) is 2.02. The number of hydrogen-bond acceptors (Lipinski definition) is 3. The molecular formula is C13H16FNO2. The molecule has 1 aliphatic heterocycles. The number of hydrogen-bond donors (Lipinski definition) is 1. The summed E-state index contributed by atoms with van der Waals surface area (Å²) in [5.74, 6) is -0.361. The molecular weight excluding hydrogens is 221 g/mol. The molecule has 1 aromatic carbocycles.